The van der Waals surface area contributed by atoms with Crippen molar-refractivity contribution in [2.24, 2.45) is 0 Å². The molecule has 0 bridgehead atoms. The molecule has 0 saturated carbocycles. The van der Waals surface area contributed by atoms with Crippen LogP contribution in [0.2, 0.25) is 0 Å². The van der Waals surface area contributed by atoms with E-state index in [2.05, 4.69) is 41.7 Å². The van der Waals surface area contributed by atoms with Crippen molar-refractivity contribution in [3.63, 3.8) is 0 Å². The SMILES string of the molecule is Cc1ccc(Cn2cc(N)c(-c3ccsc3)n2)cc1. The summed E-state index contributed by atoms with van der Waals surface area (Å²) in [5, 5.41) is 8.67. The average Bonchev–Trinajstić information content (AvgIpc) is 3.01. The highest BCUT2D eigenvalue weighted by atomic mass is 32.1. The molecule has 3 aromatic rings. The highest BCUT2D eigenvalue weighted by Gasteiger charge is 2.09. The fraction of sp³-hybridized carbons (Fsp3) is 0.133. The molecule has 4 heteroatoms. The molecule has 3 nitrogen and oxygen atoms in total. The van der Waals surface area contributed by atoms with E-state index in [4.69, 9.17) is 5.73 Å². The molecule has 0 radical (unpaired) electrons. The van der Waals surface area contributed by atoms with Gasteiger partial charge in [-0.05, 0) is 23.9 Å². The van der Waals surface area contributed by atoms with Crippen LogP contribution in [0.15, 0.2) is 47.3 Å². The van der Waals surface area contributed by atoms with Gasteiger partial charge in [0.2, 0.25) is 0 Å². The molecule has 2 heterocycles. The van der Waals surface area contributed by atoms with Gasteiger partial charge in [-0.25, -0.2) is 0 Å². The number of anilines is 1. The van der Waals surface area contributed by atoms with Gasteiger partial charge in [0.25, 0.3) is 0 Å². The van der Waals surface area contributed by atoms with Crippen molar-refractivity contribution in [2.45, 2.75) is 13.5 Å². The number of nitrogens with zero attached hydrogens (tertiary/aromatic N) is 2. The summed E-state index contributed by atoms with van der Waals surface area (Å²) < 4.78 is 1.90. The lowest BCUT2D eigenvalue weighted by molar-refractivity contribution is 0.689. The van der Waals surface area contributed by atoms with Crippen molar-refractivity contribution in [1.29, 1.82) is 0 Å². The van der Waals surface area contributed by atoms with Gasteiger partial charge in [-0.3, -0.25) is 4.68 Å². The first-order valence-corrected chi connectivity index (χ1v) is 7.08. The van der Waals surface area contributed by atoms with Gasteiger partial charge in [0.15, 0.2) is 0 Å². The normalized spacial score (nSPS) is 10.8. The van der Waals surface area contributed by atoms with E-state index in [1.54, 1.807) is 11.3 Å². The third kappa shape index (κ3) is 2.53. The molecular formula is C15H15N3S. The first-order chi connectivity index (χ1) is 9.22. The van der Waals surface area contributed by atoms with Gasteiger partial charge in [-0.15, -0.1) is 0 Å². The van der Waals surface area contributed by atoms with Crippen molar-refractivity contribution >= 4 is 17.0 Å². The maximum absolute atomic E-state index is 6.03. The van der Waals surface area contributed by atoms with E-state index in [0.717, 1.165) is 23.5 Å². The molecule has 0 amide bonds. The van der Waals surface area contributed by atoms with E-state index in [9.17, 15) is 0 Å². The van der Waals surface area contributed by atoms with Gasteiger partial charge < -0.3 is 5.73 Å². The molecule has 0 saturated heterocycles. The standard InChI is InChI=1S/C15H15N3S/c1-11-2-4-12(5-3-11)8-18-9-14(16)15(17-18)13-6-7-19-10-13/h2-7,9-10H,8,16H2,1H3. The zero-order valence-electron chi connectivity index (χ0n) is 10.7. The Kier molecular flexibility index (Phi) is 3.09. The summed E-state index contributed by atoms with van der Waals surface area (Å²) in [5.74, 6) is 0. The van der Waals surface area contributed by atoms with E-state index in [1.807, 2.05) is 22.3 Å². The number of nitrogen functional groups attached to an aromatic ring is 1. The third-order valence-corrected chi connectivity index (χ3v) is 3.73. The Bertz CT molecular complexity index is 666. The fourth-order valence-corrected chi connectivity index (χ4v) is 2.66. The Morgan fingerprint density at radius 1 is 1.21 bits per heavy atom. The number of aromatic nitrogens is 2. The smallest absolute Gasteiger partial charge is 0.116 e. The zero-order chi connectivity index (χ0) is 13.2. The van der Waals surface area contributed by atoms with E-state index < -0.39 is 0 Å². The van der Waals surface area contributed by atoms with Crippen LogP contribution in [0.3, 0.4) is 0 Å². The predicted octanol–water partition coefficient (Wildman–Crippen LogP) is 3.55. The molecule has 0 aliphatic heterocycles. The molecule has 2 aromatic heterocycles. The van der Waals surface area contributed by atoms with Crippen LogP contribution in [0.25, 0.3) is 11.3 Å². The Morgan fingerprint density at radius 3 is 2.68 bits per heavy atom. The lowest BCUT2D eigenvalue weighted by Crippen LogP contribution is -2.00. The molecule has 2 N–H and O–H groups in total. The van der Waals surface area contributed by atoms with E-state index in [0.29, 0.717) is 0 Å². The summed E-state index contributed by atoms with van der Waals surface area (Å²) in [6.07, 6.45) is 1.90. The lowest BCUT2D eigenvalue weighted by Gasteiger charge is -2.02. The topological polar surface area (TPSA) is 43.8 Å². The summed E-state index contributed by atoms with van der Waals surface area (Å²) >= 11 is 1.65. The number of rotatable bonds is 3. The average molecular weight is 269 g/mol. The van der Waals surface area contributed by atoms with Gasteiger partial charge in [-0.2, -0.15) is 16.4 Å². The van der Waals surface area contributed by atoms with Crippen LogP contribution in [0.1, 0.15) is 11.1 Å². The highest BCUT2D eigenvalue weighted by Crippen LogP contribution is 2.26. The lowest BCUT2D eigenvalue weighted by atomic mass is 10.1. The quantitative estimate of drug-likeness (QED) is 0.790. The molecular weight excluding hydrogens is 254 g/mol. The van der Waals surface area contributed by atoms with Crippen LogP contribution in [-0.4, -0.2) is 9.78 Å². The highest BCUT2D eigenvalue weighted by molar-refractivity contribution is 7.08. The van der Waals surface area contributed by atoms with Gasteiger partial charge in [-0.1, -0.05) is 29.8 Å². The zero-order valence-corrected chi connectivity index (χ0v) is 11.5. The summed E-state index contributed by atoms with van der Waals surface area (Å²) in [4.78, 5) is 0. The molecule has 0 aliphatic carbocycles. The molecule has 96 valence electrons. The first kappa shape index (κ1) is 12.0. The Morgan fingerprint density at radius 2 is 2.00 bits per heavy atom. The minimum Gasteiger partial charge on any atom is -0.396 e. The van der Waals surface area contributed by atoms with E-state index in [-0.39, 0.29) is 0 Å². The van der Waals surface area contributed by atoms with Crippen molar-refractivity contribution in [1.82, 2.24) is 9.78 Å². The Labute approximate surface area is 116 Å². The van der Waals surface area contributed by atoms with Crippen molar-refractivity contribution < 1.29 is 0 Å². The van der Waals surface area contributed by atoms with Crippen LogP contribution in [-0.2, 0) is 6.54 Å². The molecule has 3 rings (SSSR count). The van der Waals surface area contributed by atoms with Crippen LogP contribution < -0.4 is 5.73 Å². The minimum atomic E-state index is 0.727. The van der Waals surface area contributed by atoms with Gasteiger partial charge in [0.05, 0.1) is 12.2 Å². The van der Waals surface area contributed by atoms with Crippen LogP contribution >= 0.6 is 11.3 Å². The Hall–Kier alpha value is -2.07. The fourth-order valence-electron chi connectivity index (χ4n) is 2.02. The third-order valence-electron chi connectivity index (χ3n) is 3.05. The molecule has 0 atom stereocenters. The van der Waals surface area contributed by atoms with Crippen molar-refractivity contribution in [3.05, 3.63) is 58.4 Å². The predicted molar refractivity (Wildman–Crippen MR) is 80.2 cm³/mol. The summed E-state index contributed by atoms with van der Waals surface area (Å²) in [7, 11) is 0. The second-order valence-electron chi connectivity index (χ2n) is 4.63. The monoisotopic (exact) mass is 269 g/mol. The maximum Gasteiger partial charge on any atom is 0.116 e. The van der Waals surface area contributed by atoms with Gasteiger partial charge >= 0.3 is 0 Å². The number of nitrogens with two attached hydrogens (primary N) is 1. The van der Waals surface area contributed by atoms with Crippen LogP contribution in [0, 0.1) is 6.92 Å². The van der Waals surface area contributed by atoms with Gasteiger partial charge in [0, 0.05) is 17.1 Å². The van der Waals surface area contributed by atoms with Crippen LogP contribution in [0.5, 0.6) is 0 Å². The molecule has 19 heavy (non-hydrogen) atoms. The molecule has 0 fully saturated rings. The molecule has 0 unspecified atom stereocenters. The largest absolute Gasteiger partial charge is 0.396 e. The first-order valence-electron chi connectivity index (χ1n) is 6.13. The van der Waals surface area contributed by atoms with Crippen molar-refractivity contribution in [3.8, 4) is 11.3 Å². The van der Waals surface area contributed by atoms with Crippen LogP contribution in [0.4, 0.5) is 5.69 Å². The summed E-state index contributed by atoms with van der Waals surface area (Å²) in [6, 6.07) is 10.5. The number of aryl methyl sites for hydroxylation is 1. The van der Waals surface area contributed by atoms with E-state index >= 15 is 0 Å². The molecule has 0 spiro atoms. The Balaban J connectivity index is 1.87. The second kappa shape index (κ2) is 4.90. The summed E-state index contributed by atoms with van der Waals surface area (Å²) in [6.45, 7) is 2.83. The minimum absolute atomic E-state index is 0.727. The number of hydrogen-bond acceptors (Lipinski definition) is 3. The second-order valence-corrected chi connectivity index (χ2v) is 5.41. The maximum atomic E-state index is 6.03. The van der Waals surface area contributed by atoms with Gasteiger partial charge in [0.1, 0.15) is 5.69 Å². The number of thiophene rings is 1. The summed E-state index contributed by atoms with van der Waals surface area (Å²) in [5.41, 5.74) is 11.2. The van der Waals surface area contributed by atoms with Crippen molar-refractivity contribution in [2.75, 3.05) is 5.73 Å². The molecule has 1 aromatic carbocycles. The molecule has 0 aliphatic rings. The van der Waals surface area contributed by atoms with E-state index in [1.165, 1.54) is 11.1 Å². The number of hydrogen-bond donors (Lipinski definition) is 1. The number of benzene rings is 1.